The first-order valence-corrected chi connectivity index (χ1v) is 7.14. The first-order chi connectivity index (χ1) is 10.3. The van der Waals surface area contributed by atoms with E-state index in [1.165, 1.54) is 0 Å². The molecule has 2 heterocycles. The molecule has 0 aliphatic heterocycles. The molecule has 1 aromatic carbocycles. The minimum atomic E-state index is 0.792. The normalized spacial score (nSPS) is 11.0. The van der Waals surface area contributed by atoms with Crippen LogP contribution in [0.4, 0.5) is 0 Å². The monoisotopic (exact) mass is 282 g/mol. The van der Waals surface area contributed by atoms with Crippen molar-refractivity contribution < 1.29 is 4.74 Å². The highest BCUT2D eigenvalue weighted by atomic mass is 16.5. The molecule has 0 fully saturated rings. The van der Waals surface area contributed by atoms with Crippen LogP contribution in [0, 0.1) is 0 Å². The van der Waals surface area contributed by atoms with Crippen molar-refractivity contribution in [3.8, 4) is 17.0 Å². The molecule has 3 rings (SSSR count). The number of methoxy groups -OCH3 is 1. The Morgan fingerprint density at radius 2 is 2.00 bits per heavy atom. The number of para-hydroxylation sites is 1. The van der Waals surface area contributed by atoms with Crippen LogP contribution in [0.25, 0.3) is 22.4 Å². The van der Waals surface area contributed by atoms with Crippen molar-refractivity contribution in [2.75, 3.05) is 7.11 Å². The molecule has 3 aromatic rings. The second-order valence-corrected chi connectivity index (χ2v) is 4.89. The minimum absolute atomic E-state index is 0.792. The number of nitrogens with zero attached hydrogens (tertiary/aromatic N) is 4. The van der Waals surface area contributed by atoms with Crippen LogP contribution in [0.3, 0.4) is 0 Å². The number of aromatic nitrogens is 4. The Morgan fingerprint density at radius 1 is 1.14 bits per heavy atom. The second kappa shape index (κ2) is 5.91. The van der Waals surface area contributed by atoms with Gasteiger partial charge in [-0.1, -0.05) is 25.5 Å². The summed E-state index contributed by atoms with van der Waals surface area (Å²) in [4.78, 5) is 13.3. The molecule has 2 aromatic heterocycles. The summed E-state index contributed by atoms with van der Waals surface area (Å²) < 4.78 is 7.51. The lowest BCUT2D eigenvalue weighted by Gasteiger charge is -2.08. The SMILES string of the molecule is CCCCn1cnc2c(-c3ccccc3OC)ncnc21. The van der Waals surface area contributed by atoms with Crippen LogP contribution in [0.5, 0.6) is 5.75 Å². The lowest BCUT2D eigenvalue weighted by Crippen LogP contribution is -1.98. The van der Waals surface area contributed by atoms with Crippen LogP contribution in [0.15, 0.2) is 36.9 Å². The van der Waals surface area contributed by atoms with Crippen molar-refractivity contribution in [2.45, 2.75) is 26.3 Å². The molecule has 0 spiro atoms. The molecule has 5 nitrogen and oxygen atoms in total. The Bertz CT molecular complexity index is 751. The number of fused-ring (bicyclic) bond motifs is 1. The van der Waals surface area contributed by atoms with E-state index in [1.807, 2.05) is 30.6 Å². The summed E-state index contributed by atoms with van der Waals surface area (Å²) in [7, 11) is 1.66. The summed E-state index contributed by atoms with van der Waals surface area (Å²) in [5.74, 6) is 0.792. The van der Waals surface area contributed by atoms with Crippen LogP contribution in [-0.2, 0) is 6.54 Å². The summed E-state index contributed by atoms with van der Waals surface area (Å²) in [6.45, 7) is 3.10. The molecule has 0 unspecified atom stereocenters. The fourth-order valence-corrected chi connectivity index (χ4v) is 2.41. The summed E-state index contributed by atoms with van der Waals surface area (Å²) in [6.07, 6.45) is 5.69. The molecule has 0 N–H and O–H groups in total. The fourth-order valence-electron chi connectivity index (χ4n) is 2.41. The summed E-state index contributed by atoms with van der Waals surface area (Å²) in [5, 5.41) is 0. The summed E-state index contributed by atoms with van der Waals surface area (Å²) in [6, 6.07) is 7.84. The third kappa shape index (κ3) is 2.46. The first-order valence-electron chi connectivity index (χ1n) is 7.14. The topological polar surface area (TPSA) is 52.8 Å². The van der Waals surface area contributed by atoms with E-state index in [0.717, 1.165) is 47.6 Å². The zero-order chi connectivity index (χ0) is 14.7. The van der Waals surface area contributed by atoms with Gasteiger partial charge in [0.25, 0.3) is 0 Å². The van der Waals surface area contributed by atoms with Crippen molar-refractivity contribution in [3.05, 3.63) is 36.9 Å². The lowest BCUT2D eigenvalue weighted by atomic mass is 10.1. The van der Waals surface area contributed by atoms with Gasteiger partial charge in [0.1, 0.15) is 23.3 Å². The van der Waals surface area contributed by atoms with Gasteiger partial charge in [-0.25, -0.2) is 15.0 Å². The van der Waals surface area contributed by atoms with Crippen molar-refractivity contribution in [2.24, 2.45) is 0 Å². The van der Waals surface area contributed by atoms with Gasteiger partial charge in [0.05, 0.1) is 13.4 Å². The van der Waals surface area contributed by atoms with E-state index in [1.54, 1.807) is 13.4 Å². The summed E-state index contributed by atoms with van der Waals surface area (Å²) in [5.41, 5.74) is 3.44. The van der Waals surface area contributed by atoms with E-state index >= 15 is 0 Å². The Kier molecular flexibility index (Phi) is 3.81. The van der Waals surface area contributed by atoms with Crippen molar-refractivity contribution in [3.63, 3.8) is 0 Å². The van der Waals surface area contributed by atoms with Crippen LogP contribution >= 0.6 is 0 Å². The molecule has 0 aliphatic rings. The van der Waals surface area contributed by atoms with Gasteiger partial charge in [-0.15, -0.1) is 0 Å². The highest BCUT2D eigenvalue weighted by Gasteiger charge is 2.14. The molecule has 0 saturated heterocycles. The van der Waals surface area contributed by atoms with Gasteiger partial charge in [0.2, 0.25) is 0 Å². The van der Waals surface area contributed by atoms with Gasteiger partial charge in [-0.2, -0.15) is 0 Å². The molecule has 21 heavy (non-hydrogen) atoms. The van der Waals surface area contributed by atoms with Crippen molar-refractivity contribution in [1.82, 2.24) is 19.5 Å². The number of hydrogen-bond donors (Lipinski definition) is 0. The molecule has 5 heteroatoms. The van der Waals surface area contributed by atoms with Crippen LogP contribution in [0.1, 0.15) is 19.8 Å². The molecule has 0 saturated carbocycles. The molecule has 0 amide bonds. The number of imidazole rings is 1. The largest absolute Gasteiger partial charge is 0.496 e. The van der Waals surface area contributed by atoms with Gasteiger partial charge in [-0.3, -0.25) is 0 Å². The number of aryl methyl sites for hydroxylation is 1. The number of hydrogen-bond acceptors (Lipinski definition) is 4. The molecule has 108 valence electrons. The lowest BCUT2D eigenvalue weighted by molar-refractivity contribution is 0.416. The van der Waals surface area contributed by atoms with Gasteiger partial charge < -0.3 is 9.30 Å². The zero-order valence-corrected chi connectivity index (χ0v) is 12.3. The smallest absolute Gasteiger partial charge is 0.163 e. The van der Waals surface area contributed by atoms with Crippen LogP contribution < -0.4 is 4.74 Å². The van der Waals surface area contributed by atoms with E-state index in [0.29, 0.717) is 0 Å². The number of unbranched alkanes of at least 4 members (excludes halogenated alkanes) is 1. The highest BCUT2D eigenvalue weighted by Crippen LogP contribution is 2.31. The van der Waals surface area contributed by atoms with Gasteiger partial charge in [-0.05, 0) is 18.6 Å². The maximum Gasteiger partial charge on any atom is 0.163 e. The Morgan fingerprint density at radius 3 is 2.81 bits per heavy atom. The quantitative estimate of drug-likeness (QED) is 0.720. The Labute approximate surface area is 123 Å². The number of benzene rings is 1. The van der Waals surface area contributed by atoms with Crippen molar-refractivity contribution in [1.29, 1.82) is 0 Å². The molecule has 0 radical (unpaired) electrons. The molecular weight excluding hydrogens is 264 g/mol. The van der Waals surface area contributed by atoms with E-state index in [4.69, 9.17) is 4.74 Å². The Balaban J connectivity index is 2.13. The molecule has 0 atom stereocenters. The van der Waals surface area contributed by atoms with Gasteiger partial charge >= 0.3 is 0 Å². The zero-order valence-electron chi connectivity index (χ0n) is 12.3. The van der Waals surface area contributed by atoms with Gasteiger partial charge in [0, 0.05) is 12.1 Å². The standard InChI is InChI=1S/C16H18N4O/c1-3-4-9-20-11-19-15-14(17-10-18-16(15)20)12-7-5-6-8-13(12)21-2/h5-8,10-11H,3-4,9H2,1-2H3. The molecular formula is C16H18N4O. The van der Waals surface area contributed by atoms with E-state index < -0.39 is 0 Å². The predicted molar refractivity (Wildman–Crippen MR) is 82.2 cm³/mol. The minimum Gasteiger partial charge on any atom is -0.496 e. The number of rotatable bonds is 5. The average Bonchev–Trinajstić information content (AvgIpc) is 2.96. The maximum absolute atomic E-state index is 5.43. The predicted octanol–water partition coefficient (Wildman–Crippen LogP) is 3.30. The fraction of sp³-hybridized carbons (Fsp3) is 0.312. The van der Waals surface area contributed by atoms with Crippen LogP contribution in [0.2, 0.25) is 0 Å². The molecule has 0 aliphatic carbocycles. The average molecular weight is 282 g/mol. The Hall–Kier alpha value is -2.43. The first kappa shape index (κ1) is 13.5. The maximum atomic E-state index is 5.43. The molecule has 0 bridgehead atoms. The van der Waals surface area contributed by atoms with E-state index in [-0.39, 0.29) is 0 Å². The van der Waals surface area contributed by atoms with Crippen LogP contribution in [-0.4, -0.2) is 26.6 Å². The third-order valence-electron chi connectivity index (χ3n) is 3.52. The highest BCUT2D eigenvalue weighted by molar-refractivity contribution is 5.89. The number of ether oxygens (including phenoxy) is 1. The van der Waals surface area contributed by atoms with E-state index in [2.05, 4.69) is 26.4 Å². The van der Waals surface area contributed by atoms with E-state index in [9.17, 15) is 0 Å². The van der Waals surface area contributed by atoms with Gasteiger partial charge in [0.15, 0.2) is 5.65 Å². The third-order valence-corrected chi connectivity index (χ3v) is 3.52. The summed E-state index contributed by atoms with van der Waals surface area (Å²) >= 11 is 0. The second-order valence-electron chi connectivity index (χ2n) is 4.89. The van der Waals surface area contributed by atoms with Crippen molar-refractivity contribution >= 4 is 11.2 Å².